The number of benzene rings is 3. The van der Waals surface area contributed by atoms with Gasteiger partial charge in [-0.05, 0) is 83.0 Å². The molecule has 0 saturated heterocycles. The maximum Gasteiger partial charge on any atom is 0.322 e. The van der Waals surface area contributed by atoms with Gasteiger partial charge in [-0.15, -0.1) is 0 Å². The van der Waals surface area contributed by atoms with Gasteiger partial charge in [0.1, 0.15) is 5.75 Å². The number of rotatable bonds is 10. The molecule has 1 heterocycles. The van der Waals surface area contributed by atoms with Gasteiger partial charge in [-0.2, -0.15) is 0 Å². The number of ether oxygens (including phenoxy) is 1. The Balaban J connectivity index is 1.23. The number of nitrogens with one attached hydrogen (secondary N) is 2. The lowest BCUT2D eigenvalue weighted by Gasteiger charge is -2.24. The number of aromatic nitrogens is 1. The molecule has 0 aliphatic heterocycles. The van der Waals surface area contributed by atoms with E-state index in [-0.39, 0.29) is 23.4 Å². The van der Waals surface area contributed by atoms with E-state index < -0.39 is 0 Å². The van der Waals surface area contributed by atoms with Crippen molar-refractivity contribution in [2.45, 2.75) is 72.0 Å². The number of carbonyl (C=O) groups excluding carboxylic acids is 2. The first-order valence-corrected chi connectivity index (χ1v) is 15.9. The summed E-state index contributed by atoms with van der Waals surface area (Å²) in [6.45, 7) is 7.83. The Bertz CT molecular complexity index is 1520. The van der Waals surface area contributed by atoms with Crippen molar-refractivity contribution >= 4 is 17.6 Å². The zero-order chi connectivity index (χ0) is 31.6. The van der Waals surface area contributed by atoms with Crippen LogP contribution in [0.15, 0.2) is 97.3 Å². The molecule has 0 spiro atoms. The van der Waals surface area contributed by atoms with Gasteiger partial charge in [0.25, 0.3) is 5.91 Å². The topological polar surface area (TPSA) is 83.6 Å². The minimum absolute atomic E-state index is 0.000550. The summed E-state index contributed by atoms with van der Waals surface area (Å²) in [6.07, 6.45) is 9.28. The van der Waals surface area contributed by atoms with Crippen LogP contribution >= 0.6 is 0 Å². The SMILES string of the molecule is CC(C)(C)COc1ccc(NC(=O)N(Cc2ccc(-c3ccc(C(=O)NC4CCCCC4)cc3)cc2)Cc2cccnc2)cc1. The Morgan fingerprint density at radius 3 is 2.09 bits per heavy atom. The van der Waals surface area contributed by atoms with E-state index >= 15 is 0 Å². The summed E-state index contributed by atoms with van der Waals surface area (Å²) in [5, 5.41) is 6.23. The Labute approximate surface area is 267 Å². The summed E-state index contributed by atoms with van der Waals surface area (Å²) in [6, 6.07) is 27.4. The van der Waals surface area contributed by atoms with Gasteiger partial charge < -0.3 is 20.3 Å². The number of carbonyl (C=O) groups is 2. The second-order valence-corrected chi connectivity index (χ2v) is 13.1. The van der Waals surface area contributed by atoms with Crippen molar-refractivity contribution in [1.82, 2.24) is 15.2 Å². The summed E-state index contributed by atoms with van der Waals surface area (Å²) in [5.74, 6) is 0.771. The van der Waals surface area contributed by atoms with Gasteiger partial charge in [0.15, 0.2) is 0 Å². The molecule has 1 saturated carbocycles. The molecular formula is C38H44N4O3. The van der Waals surface area contributed by atoms with Gasteiger partial charge in [0.05, 0.1) is 6.61 Å². The summed E-state index contributed by atoms with van der Waals surface area (Å²) in [4.78, 5) is 32.2. The monoisotopic (exact) mass is 604 g/mol. The lowest BCUT2D eigenvalue weighted by Crippen LogP contribution is -2.36. The molecule has 0 bridgehead atoms. The summed E-state index contributed by atoms with van der Waals surface area (Å²) < 4.78 is 5.87. The number of pyridine rings is 1. The van der Waals surface area contributed by atoms with Crippen molar-refractivity contribution in [2.75, 3.05) is 11.9 Å². The first-order chi connectivity index (χ1) is 21.7. The quantitative estimate of drug-likeness (QED) is 0.190. The third-order valence-corrected chi connectivity index (χ3v) is 7.91. The lowest BCUT2D eigenvalue weighted by molar-refractivity contribution is 0.0927. The highest BCUT2D eigenvalue weighted by Gasteiger charge is 2.18. The second kappa shape index (κ2) is 14.9. The van der Waals surface area contributed by atoms with E-state index in [4.69, 9.17) is 4.74 Å². The molecule has 0 radical (unpaired) electrons. The average Bonchev–Trinajstić information content (AvgIpc) is 3.05. The molecule has 1 aromatic heterocycles. The maximum absolute atomic E-state index is 13.5. The molecule has 2 N–H and O–H groups in total. The van der Waals surface area contributed by atoms with E-state index in [1.54, 1.807) is 17.3 Å². The smallest absolute Gasteiger partial charge is 0.322 e. The molecule has 0 unspecified atom stereocenters. The minimum atomic E-state index is -0.201. The van der Waals surface area contributed by atoms with E-state index in [2.05, 4.69) is 48.5 Å². The van der Waals surface area contributed by atoms with Crippen molar-refractivity contribution in [3.63, 3.8) is 0 Å². The molecule has 7 nitrogen and oxygen atoms in total. The van der Waals surface area contributed by atoms with Crippen LogP contribution in [0, 0.1) is 5.41 Å². The third kappa shape index (κ3) is 9.67. The van der Waals surface area contributed by atoms with Crippen LogP contribution in [-0.2, 0) is 13.1 Å². The number of urea groups is 1. The van der Waals surface area contributed by atoms with Crippen LogP contribution in [-0.4, -0.2) is 34.5 Å². The highest BCUT2D eigenvalue weighted by molar-refractivity contribution is 5.95. The van der Waals surface area contributed by atoms with Crippen molar-refractivity contribution in [3.8, 4) is 16.9 Å². The molecule has 4 aromatic rings. The van der Waals surface area contributed by atoms with Crippen LogP contribution in [0.4, 0.5) is 10.5 Å². The molecule has 234 valence electrons. The number of hydrogen-bond acceptors (Lipinski definition) is 4. The molecule has 7 heteroatoms. The van der Waals surface area contributed by atoms with E-state index in [0.717, 1.165) is 40.8 Å². The first-order valence-electron chi connectivity index (χ1n) is 15.9. The van der Waals surface area contributed by atoms with Crippen molar-refractivity contribution in [3.05, 3.63) is 114 Å². The maximum atomic E-state index is 13.5. The Kier molecular flexibility index (Phi) is 10.5. The molecule has 3 aromatic carbocycles. The molecule has 1 aliphatic rings. The highest BCUT2D eigenvalue weighted by Crippen LogP contribution is 2.24. The zero-order valence-electron chi connectivity index (χ0n) is 26.6. The molecule has 1 fully saturated rings. The minimum Gasteiger partial charge on any atom is -0.493 e. The van der Waals surface area contributed by atoms with Crippen molar-refractivity contribution < 1.29 is 14.3 Å². The van der Waals surface area contributed by atoms with E-state index in [1.165, 1.54) is 19.3 Å². The fourth-order valence-electron chi connectivity index (χ4n) is 5.40. The first kappa shape index (κ1) is 31.8. The third-order valence-electron chi connectivity index (χ3n) is 7.91. The van der Waals surface area contributed by atoms with Gasteiger partial charge in [-0.25, -0.2) is 4.79 Å². The van der Waals surface area contributed by atoms with Gasteiger partial charge in [0, 0.05) is 42.8 Å². The van der Waals surface area contributed by atoms with Crippen LogP contribution in [0.25, 0.3) is 11.1 Å². The molecule has 3 amide bonds. The van der Waals surface area contributed by atoms with Gasteiger partial charge in [-0.3, -0.25) is 9.78 Å². The van der Waals surface area contributed by atoms with Crippen LogP contribution in [0.5, 0.6) is 5.75 Å². The summed E-state index contributed by atoms with van der Waals surface area (Å²) in [5.41, 5.74) is 5.49. The Morgan fingerprint density at radius 1 is 0.822 bits per heavy atom. The number of amides is 3. The van der Waals surface area contributed by atoms with Crippen LogP contribution < -0.4 is 15.4 Å². The molecular weight excluding hydrogens is 560 g/mol. The fraction of sp³-hybridized carbons (Fsp3) is 0.342. The lowest BCUT2D eigenvalue weighted by atomic mass is 9.95. The average molecular weight is 605 g/mol. The molecule has 0 atom stereocenters. The largest absolute Gasteiger partial charge is 0.493 e. The van der Waals surface area contributed by atoms with Gasteiger partial charge in [0.2, 0.25) is 0 Å². The van der Waals surface area contributed by atoms with Gasteiger partial charge >= 0.3 is 6.03 Å². The fourth-order valence-corrected chi connectivity index (χ4v) is 5.40. The number of nitrogens with zero attached hydrogens (tertiary/aromatic N) is 2. The van der Waals surface area contributed by atoms with Crippen LogP contribution in [0.1, 0.15) is 74.4 Å². The summed E-state index contributed by atoms with van der Waals surface area (Å²) in [7, 11) is 0. The second-order valence-electron chi connectivity index (χ2n) is 13.1. The van der Waals surface area contributed by atoms with Crippen LogP contribution in [0.3, 0.4) is 0 Å². The Morgan fingerprint density at radius 2 is 1.47 bits per heavy atom. The predicted molar refractivity (Wildman–Crippen MR) is 180 cm³/mol. The standard InChI is InChI=1S/C38H44N4O3/c1-38(2,3)27-45-35-21-19-34(20-22-35)41-37(44)42(26-29-8-7-23-39-24-29)25-28-11-13-30(14-12-28)31-15-17-32(18-16-31)36(43)40-33-9-5-4-6-10-33/h7-8,11-24,33H,4-6,9-10,25-27H2,1-3H3,(H,40,43)(H,41,44). The van der Waals surface area contributed by atoms with Crippen molar-refractivity contribution in [1.29, 1.82) is 0 Å². The van der Waals surface area contributed by atoms with Crippen molar-refractivity contribution in [2.24, 2.45) is 5.41 Å². The Hall–Kier alpha value is -4.65. The molecule has 1 aliphatic carbocycles. The van der Waals surface area contributed by atoms with Gasteiger partial charge in [-0.1, -0.05) is 82.5 Å². The number of anilines is 1. The number of hydrogen-bond donors (Lipinski definition) is 2. The van der Waals surface area contributed by atoms with Crippen LogP contribution in [0.2, 0.25) is 0 Å². The van der Waals surface area contributed by atoms with E-state index in [0.29, 0.717) is 30.9 Å². The zero-order valence-corrected chi connectivity index (χ0v) is 26.6. The predicted octanol–water partition coefficient (Wildman–Crippen LogP) is 8.47. The molecule has 45 heavy (non-hydrogen) atoms. The normalized spacial score (nSPS) is 13.6. The van der Waals surface area contributed by atoms with E-state index in [1.807, 2.05) is 72.8 Å². The van der Waals surface area contributed by atoms with E-state index in [9.17, 15) is 9.59 Å². The summed E-state index contributed by atoms with van der Waals surface area (Å²) >= 11 is 0. The molecule has 5 rings (SSSR count). The highest BCUT2D eigenvalue weighted by atomic mass is 16.5.